The highest BCUT2D eigenvalue weighted by atomic mass is 16.6. The Morgan fingerprint density at radius 1 is 1.00 bits per heavy atom. The van der Waals surface area contributed by atoms with Crippen molar-refractivity contribution in [2.75, 3.05) is 19.8 Å². The van der Waals surface area contributed by atoms with Crippen LogP contribution >= 0.6 is 0 Å². The SMILES string of the molecule is CC(=O)OCC(COC(C)=O)NCC(=O)OC(C)(C)C. The van der Waals surface area contributed by atoms with Gasteiger partial charge in [-0.15, -0.1) is 0 Å². The highest BCUT2D eigenvalue weighted by Gasteiger charge is 2.18. The van der Waals surface area contributed by atoms with Gasteiger partial charge in [0.15, 0.2) is 0 Å². The van der Waals surface area contributed by atoms with Crippen LogP contribution in [0.2, 0.25) is 0 Å². The molecule has 0 aromatic carbocycles. The minimum Gasteiger partial charge on any atom is -0.464 e. The van der Waals surface area contributed by atoms with Gasteiger partial charge < -0.3 is 14.2 Å². The molecule has 0 aliphatic rings. The number of hydrogen-bond donors (Lipinski definition) is 1. The van der Waals surface area contributed by atoms with Gasteiger partial charge in [-0.1, -0.05) is 0 Å². The van der Waals surface area contributed by atoms with Crippen molar-refractivity contribution in [3.05, 3.63) is 0 Å². The standard InChI is InChI=1S/C13H23NO6/c1-9(15)18-7-11(8-19-10(2)16)14-6-12(17)20-13(3,4)5/h11,14H,6-8H2,1-5H3. The zero-order valence-electron chi connectivity index (χ0n) is 12.6. The van der Waals surface area contributed by atoms with E-state index in [1.807, 2.05) is 0 Å². The van der Waals surface area contributed by atoms with Gasteiger partial charge in [-0.05, 0) is 20.8 Å². The average Bonchev–Trinajstić information content (AvgIpc) is 2.24. The molecule has 0 bridgehead atoms. The van der Waals surface area contributed by atoms with Crippen molar-refractivity contribution >= 4 is 17.9 Å². The molecule has 0 aromatic heterocycles. The van der Waals surface area contributed by atoms with Gasteiger partial charge in [0.1, 0.15) is 18.8 Å². The second kappa shape index (κ2) is 8.52. The number of nitrogens with one attached hydrogen (secondary N) is 1. The van der Waals surface area contributed by atoms with E-state index in [0.29, 0.717) is 0 Å². The maximum Gasteiger partial charge on any atom is 0.320 e. The number of carbonyl (C=O) groups excluding carboxylic acids is 3. The van der Waals surface area contributed by atoms with Crippen LogP contribution in [0.3, 0.4) is 0 Å². The third-order valence-corrected chi connectivity index (χ3v) is 1.93. The van der Waals surface area contributed by atoms with E-state index in [2.05, 4.69) is 5.32 Å². The number of rotatable bonds is 7. The van der Waals surface area contributed by atoms with Gasteiger partial charge in [-0.2, -0.15) is 0 Å². The summed E-state index contributed by atoms with van der Waals surface area (Å²) in [5.74, 6) is -1.33. The third kappa shape index (κ3) is 11.5. The van der Waals surface area contributed by atoms with E-state index in [0.717, 1.165) is 0 Å². The van der Waals surface area contributed by atoms with Crippen LogP contribution < -0.4 is 5.32 Å². The molecule has 20 heavy (non-hydrogen) atoms. The highest BCUT2D eigenvalue weighted by Crippen LogP contribution is 2.06. The molecular weight excluding hydrogens is 266 g/mol. The normalized spacial score (nSPS) is 11.1. The van der Waals surface area contributed by atoms with Gasteiger partial charge in [-0.3, -0.25) is 19.7 Å². The van der Waals surface area contributed by atoms with Gasteiger partial charge >= 0.3 is 17.9 Å². The molecular formula is C13H23NO6. The molecule has 0 unspecified atom stereocenters. The molecule has 0 amide bonds. The summed E-state index contributed by atoms with van der Waals surface area (Å²) in [6, 6.07) is -0.463. The highest BCUT2D eigenvalue weighted by molar-refractivity contribution is 5.72. The van der Waals surface area contributed by atoms with E-state index in [-0.39, 0.29) is 19.8 Å². The lowest BCUT2D eigenvalue weighted by molar-refractivity contribution is -0.153. The summed E-state index contributed by atoms with van der Waals surface area (Å²) < 4.78 is 14.8. The smallest absolute Gasteiger partial charge is 0.320 e. The maximum atomic E-state index is 11.5. The molecule has 0 heterocycles. The molecule has 0 saturated heterocycles. The Morgan fingerprint density at radius 2 is 1.45 bits per heavy atom. The van der Waals surface area contributed by atoms with Crippen molar-refractivity contribution in [1.29, 1.82) is 0 Å². The summed E-state index contributed by atoms with van der Waals surface area (Å²) in [4.78, 5) is 33.1. The van der Waals surface area contributed by atoms with Crippen LogP contribution in [0.1, 0.15) is 34.6 Å². The van der Waals surface area contributed by atoms with Crippen LogP contribution in [0.25, 0.3) is 0 Å². The number of hydrogen-bond acceptors (Lipinski definition) is 7. The topological polar surface area (TPSA) is 90.9 Å². The van der Waals surface area contributed by atoms with Crippen molar-refractivity contribution in [1.82, 2.24) is 5.32 Å². The number of esters is 3. The molecule has 0 saturated carbocycles. The van der Waals surface area contributed by atoms with Gasteiger partial charge in [0.2, 0.25) is 0 Å². The van der Waals surface area contributed by atoms with E-state index in [1.165, 1.54) is 13.8 Å². The van der Waals surface area contributed by atoms with Crippen molar-refractivity contribution in [3.63, 3.8) is 0 Å². The second-order valence-corrected chi connectivity index (χ2v) is 5.27. The van der Waals surface area contributed by atoms with Crippen molar-refractivity contribution in [3.8, 4) is 0 Å². The van der Waals surface area contributed by atoms with E-state index in [9.17, 15) is 14.4 Å². The summed E-state index contributed by atoms with van der Waals surface area (Å²) >= 11 is 0. The molecule has 0 fully saturated rings. The van der Waals surface area contributed by atoms with E-state index in [4.69, 9.17) is 14.2 Å². The minimum atomic E-state index is -0.569. The van der Waals surface area contributed by atoms with Crippen molar-refractivity contribution in [2.45, 2.75) is 46.3 Å². The minimum absolute atomic E-state index is 0.00537. The first kappa shape index (κ1) is 18.4. The zero-order valence-corrected chi connectivity index (χ0v) is 12.6. The monoisotopic (exact) mass is 289 g/mol. The quantitative estimate of drug-likeness (QED) is 0.536. The fourth-order valence-corrected chi connectivity index (χ4v) is 1.21. The van der Waals surface area contributed by atoms with Gasteiger partial charge in [0.25, 0.3) is 0 Å². The molecule has 0 radical (unpaired) electrons. The Bertz CT molecular complexity index is 329. The first-order chi connectivity index (χ1) is 9.10. The molecule has 0 aliphatic heterocycles. The van der Waals surface area contributed by atoms with Crippen LogP contribution in [-0.2, 0) is 28.6 Å². The Hall–Kier alpha value is -1.63. The lowest BCUT2D eigenvalue weighted by Crippen LogP contribution is -2.42. The second-order valence-electron chi connectivity index (χ2n) is 5.27. The molecule has 0 aromatic rings. The summed E-state index contributed by atoms with van der Waals surface area (Å²) in [5, 5.41) is 2.82. The lowest BCUT2D eigenvalue weighted by Gasteiger charge is -2.21. The Morgan fingerprint density at radius 3 is 1.80 bits per heavy atom. The van der Waals surface area contributed by atoms with Crippen molar-refractivity contribution in [2.24, 2.45) is 0 Å². The average molecular weight is 289 g/mol. The third-order valence-electron chi connectivity index (χ3n) is 1.93. The number of carbonyl (C=O) groups is 3. The Balaban J connectivity index is 4.22. The predicted molar refractivity (Wildman–Crippen MR) is 70.9 cm³/mol. The largest absolute Gasteiger partial charge is 0.464 e. The first-order valence-electron chi connectivity index (χ1n) is 6.32. The Labute approximate surface area is 118 Å². The molecule has 0 rings (SSSR count). The van der Waals surface area contributed by atoms with E-state index >= 15 is 0 Å². The van der Waals surface area contributed by atoms with E-state index < -0.39 is 29.6 Å². The van der Waals surface area contributed by atoms with Crippen LogP contribution in [0, 0.1) is 0 Å². The number of ether oxygens (including phenoxy) is 3. The van der Waals surface area contributed by atoms with Crippen molar-refractivity contribution < 1.29 is 28.6 Å². The molecule has 7 nitrogen and oxygen atoms in total. The van der Waals surface area contributed by atoms with Gasteiger partial charge in [0, 0.05) is 13.8 Å². The lowest BCUT2D eigenvalue weighted by atomic mass is 10.2. The molecule has 116 valence electrons. The summed E-state index contributed by atoms with van der Waals surface area (Å²) in [7, 11) is 0. The predicted octanol–water partition coefficient (Wildman–Crippen LogP) is 0.413. The molecule has 0 aliphatic carbocycles. The zero-order chi connectivity index (χ0) is 15.8. The van der Waals surface area contributed by atoms with Gasteiger partial charge in [0.05, 0.1) is 12.6 Å². The maximum absolute atomic E-state index is 11.5. The molecule has 1 N–H and O–H groups in total. The summed E-state index contributed by atoms with van der Waals surface area (Å²) in [6.45, 7) is 7.79. The van der Waals surface area contributed by atoms with Crippen LogP contribution in [0.5, 0.6) is 0 Å². The van der Waals surface area contributed by atoms with Crippen LogP contribution in [0.15, 0.2) is 0 Å². The fourth-order valence-electron chi connectivity index (χ4n) is 1.21. The van der Waals surface area contributed by atoms with Crippen LogP contribution in [-0.4, -0.2) is 49.3 Å². The molecule has 7 heteroatoms. The summed E-state index contributed by atoms with van der Waals surface area (Å²) in [5.41, 5.74) is -0.569. The van der Waals surface area contributed by atoms with E-state index in [1.54, 1.807) is 20.8 Å². The Kier molecular flexibility index (Phi) is 7.83. The van der Waals surface area contributed by atoms with Gasteiger partial charge in [-0.25, -0.2) is 0 Å². The first-order valence-corrected chi connectivity index (χ1v) is 6.32. The fraction of sp³-hybridized carbons (Fsp3) is 0.769. The molecule has 0 atom stereocenters. The summed E-state index contributed by atoms with van der Waals surface area (Å²) in [6.07, 6.45) is 0. The van der Waals surface area contributed by atoms with Crippen LogP contribution in [0.4, 0.5) is 0 Å². The molecule has 0 spiro atoms.